The third-order valence-corrected chi connectivity index (χ3v) is 6.31. The van der Waals surface area contributed by atoms with Crippen LogP contribution >= 0.6 is 61.5 Å². The Bertz CT molecular complexity index is 524. The number of thiophene rings is 1. The fourth-order valence-electron chi connectivity index (χ4n) is 1.58. The Balaban J connectivity index is 2.35. The molecule has 0 fully saturated rings. The summed E-state index contributed by atoms with van der Waals surface area (Å²) in [6.45, 7) is 2.18. The van der Waals surface area contributed by atoms with Gasteiger partial charge in [0, 0.05) is 18.3 Å². The van der Waals surface area contributed by atoms with Crippen LogP contribution in [0.15, 0.2) is 30.3 Å². The smallest absolute Gasteiger partial charge is 0.0748 e. The number of hydrogen-bond donors (Lipinski definition) is 0. The number of benzene rings is 1. The van der Waals surface area contributed by atoms with Crippen LogP contribution in [0, 0.1) is 3.57 Å². The lowest BCUT2D eigenvalue weighted by molar-refractivity contribution is 1.19. The van der Waals surface area contributed by atoms with Gasteiger partial charge >= 0.3 is 0 Å². The van der Waals surface area contributed by atoms with Crippen molar-refractivity contribution in [2.75, 3.05) is 0 Å². The van der Waals surface area contributed by atoms with Crippen LogP contribution in [0.4, 0.5) is 0 Å². The lowest BCUT2D eigenvalue weighted by atomic mass is 10.1. The molecular formula is C13H11BrClIS. The maximum absolute atomic E-state index is 6.06. The van der Waals surface area contributed by atoms with E-state index < -0.39 is 0 Å². The lowest BCUT2D eigenvalue weighted by Crippen LogP contribution is -1.93. The van der Waals surface area contributed by atoms with Crippen molar-refractivity contribution in [3.05, 3.63) is 54.2 Å². The molecule has 0 nitrogen and oxygen atoms in total. The second-order valence-electron chi connectivity index (χ2n) is 3.69. The summed E-state index contributed by atoms with van der Waals surface area (Å²) < 4.78 is 1.24. The molecule has 0 aliphatic heterocycles. The molecule has 17 heavy (non-hydrogen) atoms. The van der Waals surface area contributed by atoms with E-state index in [0.717, 1.165) is 11.4 Å². The van der Waals surface area contributed by atoms with Gasteiger partial charge in [0.05, 0.1) is 4.83 Å². The summed E-state index contributed by atoms with van der Waals surface area (Å²) in [6, 6.07) is 10.4. The highest BCUT2D eigenvalue weighted by Crippen LogP contribution is 2.38. The molecular weight excluding hydrogens is 430 g/mol. The highest BCUT2D eigenvalue weighted by atomic mass is 127. The van der Waals surface area contributed by atoms with Crippen molar-refractivity contribution in [1.29, 1.82) is 0 Å². The molecule has 0 saturated heterocycles. The van der Waals surface area contributed by atoms with Gasteiger partial charge in [0.2, 0.25) is 0 Å². The van der Waals surface area contributed by atoms with Crippen molar-refractivity contribution < 1.29 is 0 Å². The lowest BCUT2D eigenvalue weighted by Gasteiger charge is -2.11. The Hall–Kier alpha value is 0.420. The third kappa shape index (κ3) is 3.25. The van der Waals surface area contributed by atoms with Gasteiger partial charge in [0.15, 0.2) is 0 Å². The Labute approximate surface area is 133 Å². The zero-order valence-corrected chi connectivity index (χ0v) is 14.5. The van der Waals surface area contributed by atoms with Crippen LogP contribution in [0.2, 0.25) is 5.02 Å². The molecule has 0 bridgehead atoms. The van der Waals surface area contributed by atoms with E-state index in [1.807, 2.05) is 23.5 Å². The van der Waals surface area contributed by atoms with Crippen LogP contribution < -0.4 is 0 Å². The van der Waals surface area contributed by atoms with E-state index >= 15 is 0 Å². The fourth-order valence-corrected chi connectivity index (χ4v) is 4.60. The molecule has 0 radical (unpaired) electrons. The summed E-state index contributed by atoms with van der Waals surface area (Å²) in [6.07, 6.45) is 1.09. The van der Waals surface area contributed by atoms with Crippen LogP contribution in [0.5, 0.6) is 0 Å². The van der Waals surface area contributed by atoms with Gasteiger partial charge in [0.1, 0.15) is 0 Å². The number of hydrogen-bond acceptors (Lipinski definition) is 1. The maximum Gasteiger partial charge on any atom is 0.0748 e. The van der Waals surface area contributed by atoms with Crippen LogP contribution in [0.25, 0.3) is 0 Å². The van der Waals surface area contributed by atoms with E-state index in [1.165, 1.54) is 18.9 Å². The second-order valence-corrected chi connectivity index (χ2v) is 7.40. The highest BCUT2D eigenvalue weighted by Gasteiger charge is 2.15. The zero-order valence-electron chi connectivity index (χ0n) is 9.21. The molecule has 90 valence electrons. The van der Waals surface area contributed by atoms with Gasteiger partial charge in [-0.25, -0.2) is 0 Å². The van der Waals surface area contributed by atoms with E-state index in [4.69, 9.17) is 11.6 Å². The predicted molar refractivity (Wildman–Crippen MR) is 88.6 cm³/mol. The minimum Gasteiger partial charge on any atom is -0.144 e. The van der Waals surface area contributed by atoms with Crippen molar-refractivity contribution in [2.24, 2.45) is 0 Å². The molecule has 2 aromatic rings. The maximum atomic E-state index is 6.06. The molecule has 1 aromatic carbocycles. The van der Waals surface area contributed by atoms with Gasteiger partial charge in [0.25, 0.3) is 0 Å². The number of rotatable bonds is 3. The first-order valence-corrected chi connectivity index (χ1v) is 8.48. The molecule has 0 aliphatic carbocycles. The van der Waals surface area contributed by atoms with Crippen LogP contribution in [0.1, 0.15) is 27.1 Å². The average molecular weight is 442 g/mol. The fraction of sp³-hybridized carbons (Fsp3) is 0.231. The van der Waals surface area contributed by atoms with Crippen molar-refractivity contribution in [2.45, 2.75) is 18.2 Å². The van der Waals surface area contributed by atoms with E-state index in [-0.39, 0.29) is 4.83 Å². The molecule has 4 heteroatoms. The van der Waals surface area contributed by atoms with Crippen LogP contribution in [-0.4, -0.2) is 0 Å². The first-order valence-electron chi connectivity index (χ1n) is 5.29. The minimum absolute atomic E-state index is 0.235. The second kappa shape index (κ2) is 6.04. The van der Waals surface area contributed by atoms with E-state index in [0.29, 0.717) is 0 Å². The summed E-state index contributed by atoms with van der Waals surface area (Å²) in [5, 5.41) is 0.789. The van der Waals surface area contributed by atoms with Gasteiger partial charge in [-0.3, -0.25) is 0 Å². The normalized spacial score (nSPS) is 12.7. The molecule has 2 rings (SSSR count). The minimum atomic E-state index is 0.235. The number of alkyl halides is 1. The standard InChI is InChI=1S/C13H11BrClIS/c1-2-9-4-6-12(17-9)13(14)10-7-8(15)3-5-11(10)16/h3-7,13H,2H2,1H3. The molecule has 0 saturated carbocycles. The topological polar surface area (TPSA) is 0 Å². The zero-order chi connectivity index (χ0) is 12.4. The third-order valence-electron chi connectivity index (χ3n) is 2.51. The summed E-state index contributed by atoms with van der Waals surface area (Å²) in [5.41, 5.74) is 1.24. The summed E-state index contributed by atoms with van der Waals surface area (Å²) in [4.78, 5) is 2.99. The predicted octanol–water partition coefficient (Wildman–Crippen LogP) is 6.05. The SMILES string of the molecule is CCc1ccc(C(Br)c2cc(Cl)ccc2I)s1. The largest absolute Gasteiger partial charge is 0.144 e. The van der Waals surface area contributed by atoms with Crippen LogP contribution in [-0.2, 0) is 6.42 Å². The highest BCUT2D eigenvalue weighted by molar-refractivity contribution is 14.1. The Kier molecular flexibility index (Phi) is 4.92. The van der Waals surface area contributed by atoms with Crippen LogP contribution in [0.3, 0.4) is 0 Å². The van der Waals surface area contributed by atoms with Crippen molar-refractivity contribution in [3.63, 3.8) is 0 Å². The van der Waals surface area contributed by atoms with Gasteiger partial charge in [-0.05, 0) is 64.9 Å². The van der Waals surface area contributed by atoms with Gasteiger partial charge in [-0.1, -0.05) is 34.5 Å². The van der Waals surface area contributed by atoms with Gasteiger partial charge in [-0.15, -0.1) is 11.3 Å². The van der Waals surface area contributed by atoms with E-state index in [9.17, 15) is 0 Å². The summed E-state index contributed by atoms with van der Waals surface area (Å²) >= 11 is 14.0. The van der Waals surface area contributed by atoms with E-state index in [1.54, 1.807) is 0 Å². The molecule has 0 aliphatic rings. The van der Waals surface area contributed by atoms with Gasteiger partial charge in [-0.2, -0.15) is 0 Å². The molecule has 0 spiro atoms. The Morgan fingerprint density at radius 3 is 2.76 bits per heavy atom. The Morgan fingerprint density at radius 1 is 1.35 bits per heavy atom. The van der Waals surface area contributed by atoms with Crippen molar-refractivity contribution in [1.82, 2.24) is 0 Å². The average Bonchev–Trinajstić information content (AvgIpc) is 2.80. The Morgan fingerprint density at radius 2 is 2.12 bits per heavy atom. The molecule has 1 aromatic heterocycles. The summed E-state index contributed by atoms with van der Waals surface area (Å²) in [5.74, 6) is 0. The summed E-state index contributed by atoms with van der Waals surface area (Å²) in [7, 11) is 0. The van der Waals surface area contributed by atoms with Gasteiger partial charge < -0.3 is 0 Å². The number of aryl methyl sites for hydroxylation is 1. The molecule has 0 N–H and O–H groups in total. The first-order chi connectivity index (χ1) is 8.11. The monoisotopic (exact) mass is 440 g/mol. The molecule has 0 amide bonds. The first kappa shape index (κ1) is 13.8. The quantitative estimate of drug-likeness (QED) is 0.402. The molecule has 1 unspecified atom stereocenters. The van der Waals surface area contributed by atoms with Crippen molar-refractivity contribution in [3.8, 4) is 0 Å². The van der Waals surface area contributed by atoms with E-state index in [2.05, 4.69) is 63.6 Å². The molecule has 1 heterocycles. The molecule has 1 atom stereocenters. The number of halogens is 3. The van der Waals surface area contributed by atoms with Crippen molar-refractivity contribution >= 4 is 61.5 Å².